The van der Waals surface area contributed by atoms with Gasteiger partial charge in [-0.15, -0.1) is 0 Å². The molecule has 1 aliphatic rings. The monoisotopic (exact) mass is 362 g/mol. The minimum atomic E-state index is 0.152. The number of carbonyl (C=O) groups is 1. The molecule has 0 aliphatic carbocycles. The predicted octanol–water partition coefficient (Wildman–Crippen LogP) is 4.68. The van der Waals surface area contributed by atoms with Gasteiger partial charge in [-0.25, -0.2) is 0 Å². The molecule has 1 fully saturated rings. The van der Waals surface area contributed by atoms with Crippen molar-refractivity contribution < 1.29 is 4.79 Å². The average molecular weight is 364 g/mol. The highest BCUT2D eigenvalue weighted by Gasteiger charge is 2.24. The van der Waals surface area contributed by atoms with Gasteiger partial charge in [0.15, 0.2) is 5.78 Å². The second-order valence-corrected chi connectivity index (χ2v) is 6.92. The Balaban J connectivity index is 2.22. The van der Waals surface area contributed by atoms with E-state index in [1.165, 1.54) is 12.8 Å². The number of thioether (sulfide) groups is 1. The first-order valence-corrected chi connectivity index (χ1v) is 7.93. The number of ketones is 1. The molecular formula is C12H12Br2OS. The van der Waals surface area contributed by atoms with Crippen molar-refractivity contribution in [2.24, 2.45) is 0 Å². The highest BCUT2D eigenvalue weighted by molar-refractivity contribution is 9.11. The fourth-order valence-electron chi connectivity index (χ4n) is 1.81. The van der Waals surface area contributed by atoms with E-state index < -0.39 is 0 Å². The number of benzene rings is 1. The summed E-state index contributed by atoms with van der Waals surface area (Å²) in [5.74, 6) is 1.38. The summed E-state index contributed by atoms with van der Waals surface area (Å²) in [5, 5.41) is 0.152. The summed E-state index contributed by atoms with van der Waals surface area (Å²) < 4.78 is 1.85. The third-order valence-corrected chi connectivity index (χ3v) is 5.23. The van der Waals surface area contributed by atoms with Crippen molar-refractivity contribution in [3.63, 3.8) is 0 Å². The Morgan fingerprint density at radius 1 is 1.31 bits per heavy atom. The van der Waals surface area contributed by atoms with Crippen molar-refractivity contribution in [1.82, 2.24) is 0 Å². The first kappa shape index (κ1) is 12.7. The minimum Gasteiger partial charge on any atom is -0.293 e. The van der Waals surface area contributed by atoms with Crippen molar-refractivity contribution in [3.05, 3.63) is 32.7 Å². The van der Waals surface area contributed by atoms with Gasteiger partial charge in [0.2, 0.25) is 0 Å². The second kappa shape index (κ2) is 5.69. The van der Waals surface area contributed by atoms with Crippen LogP contribution < -0.4 is 0 Å². The lowest BCUT2D eigenvalue weighted by atomic mass is 10.0. The standard InChI is InChI=1S/C12H12Br2OS/c13-8-4-5-10(14)9(7-8)12(15)11-3-1-2-6-16-11/h4-5,7,11H,1-3,6H2. The van der Waals surface area contributed by atoms with Gasteiger partial charge < -0.3 is 0 Å². The lowest BCUT2D eigenvalue weighted by molar-refractivity contribution is 0.0984. The van der Waals surface area contributed by atoms with E-state index >= 15 is 0 Å². The van der Waals surface area contributed by atoms with Crippen LogP contribution >= 0.6 is 43.6 Å². The highest BCUT2D eigenvalue weighted by atomic mass is 79.9. The Hall–Kier alpha value is 0.200. The highest BCUT2D eigenvalue weighted by Crippen LogP contribution is 2.31. The third kappa shape index (κ3) is 2.90. The van der Waals surface area contributed by atoms with Gasteiger partial charge >= 0.3 is 0 Å². The molecular weight excluding hydrogens is 352 g/mol. The summed E-state index contributed by atoms with van der Waals surface area (Å²) in [6.45, 7) is 0. The molecule has 1 saturated heterocycles. The van der Waals surface area contributed by atoms with Crippen LogP contribution in [0.4, 0.5) is 0 Å². The molecule has 0 aromatic heterocycles. The topological polar surface area (TPSA) is 17.1 Å². The van der Waals surface area contributed by atoms with Gasteiger partial charge in [-0.05, 0) is 36.8 Å². The van der Waals surface area contributed by atoms with E-state index in [1.807, 2.05) is 18.2 Å². The molecule has 1 aromatic rings. The maximum absolute atomic E-state index is 12.3. The molecule has 0 bridgehead atoms. The van der Waals surface area contributed by atoms with Gasteiger partial charge in [0.25, 0.3) is 0 Å². The van der Waals surface area contributed by atoms with Crippen molar-refractivity contribution in [1.29, 1.82) is 0 Å². The number of carbonyl (C=O) groups excluding carboxylic acids is 1. The zero-order valence-corrected chi connectivity index (χ0v) is 12.7. The number of hydrogen-bond donors (Lipinski definition) is 0. The molecule has 1 atom stereocenters. The molecule has 0 radical (unpaired) electrons. The van der Waals surface area contributed by atoms with Crippen molar-refractivity contribution in [3.8, 4) is 0 Å². The fourth-order valence-corrected chi connectivity index (χ4v) is 3.88. The lowest BCUT2D eigenvalue weighted by Gasteiger charge is -2.20. The molecule has 0 saturated carbocycles. The summed E-state index contributed by atoms with van der Waals surface area (Å²) >= 11 is 8.65. The van der Waals surface area contributed by atoms with Gasteiger partial charge in [-0.3, -0.25) is 4.79 Å². The van der Waals surface area contributed by atoms with Gasteiger partial charge in [-0.2, -0.15) is 11.8 Å². The van der Waals surface area contributed by atoms with Crippen LogP contribution in [0.5, 0.6) is 0 Å². The summed E-state index contributed by atoms with van der Waals surface area (Å²) in [4.78, 5) is 12.3. The molecule has 0 N–H and O–H groups in total. The van der Waals surface area contributed by atoms with E-state index in [9.17, 15) is 4.79 Å². The smallest absolute Gasteiger partial charge is 0.176 e. The Morgan fingerprint density at radius 2 is 2.12 bits per heavy atom. The lowest BCUT2D eigenvalue weighted by Crippen LogP contribution is -2.21. The van der Waals surface area contributed by atoms with Crippen LogP contribution in [-0.4, -0.2) is 16.8 Å². The van der Waals surface area contributed by atoms with Gasteiger partial charge in [0, 0.05) is 14.5 Å². The quantitative estimate of drug-likeness (QED) is 0.709. The van der Waals surface area contributed by atoms with Crippen LogP contribution in [0.15, 0.2) is 27.1 Å². The summed E-state index contributed by atoms with van der Waals surface area (Å²) in [7, 11) is 0. The molecule has 1 unspecified atom stereocenters. The minimum absolute atomic E-state index is 0.152. The van der Waals surface area contributed by atoms with E-state index in [-0.39, 0.29) is 11.0 Å². The normalized spacial score (nSPS) is 20.8. The molecule has 1 aliphatic heterocycles. The summed E-state index contributed by atoms with van der Waals surface area (Å²) in [5.41, 5.74) is 0.800. The van der Waals surface area contributed by atoms with Gasteiger partial charge in [0.05, 0.1) is 5.25 Å². The Bertz CT molecular complexity index is 400. The number of halogens is 2. The van der Waals surface area contributed by atoms with Crippen LogP contribution in [0.1, 0.15) is 29.6 Å². The molecule has 16 heavy (non-hydrogen) atoms. The summed E-state index contributed by atoms with van der Waals surface area (Å²) in [6.07, 6.45) is 3.44. The molecule has 1 aromatic carbocycles. The summed E-state index contributed by atoms with van der Waals surface area (Å²) in [6, 6.07) is 5.77. The van der Waals surface area contributed by atoms with Crippen LogP contribution in [0.25, 0.3) is 0 Å². The number of Topliss-reactive ketones (excluding diaryl/α,β-unsaturated/α-hetero) is 1. The van der Waals surface area contributed by atoms with E-state index in [4.69, 9.17) is 0 Å². The molecule has 1 heterocycles. The first-order valence-electron chi connectivity index (χ1n) is 5.29. The zero-order valence-electron chi connectivity index (χ0n) is 8.71. The number of hydrogen-bond acceptors (Lipinski definition) is 2. The third-order valence-electron chi connectivity index (χ3n) is 2.67. The van der Waals surface area contributed by atoms with Crippen molar-refractivity contribution in [2.45, 2.75) is 24.5 Å². The number of rotatable bonds is 2. The second-order valence-electron chi connectivity index (χ2n) is 3.84. The Labute approximate surface area is 117 Å². The SMILES string of the molecule is O=C(c1cc(Br)ccc1Br)C1CCCCS1. The Morgan fingerprint density at radius 3 is 2.81 bits per heavy atom. The maximum Gasteiger partial charge on any atom is 0.176 e. The van der Waals surface area contributed by atoms with Crippen LogP contribution in [-0.2, 0) is 0 Å². The largest absolute Gasteiger partial charge is 0.293 e. The predicted molar refractivity (Wildman–Crippen MR) is 76.3 cm³/mol. The maximum atomic E-state index is 12.3. The Kier molecular flexibility index (Phi) is 4.50. The fraction of sp³-hybridized carbons (Fsp3) is 0.417. The van der Waals surface area contributed by atoms with Gasteiger partial charge in [-0.1, -0.05) is 38.3 Å². The molecule has 0 spiro atoms. The van der Waals surface area contributed by atoms with Gasteiger partial charge in [0.1, 0.15) is 0 Å². The molecule has 4 heteroatoms. The van der Waals surface area contributed by atoms with Crippen LogP contribution in [0.2, 0.25) is 0 Å². The molecule has 1 nitrogen and oxygen atoms in total. The van der Waals surface area contributed by atoms with E-state index in [0.717, 1.165) is 26.7 Å². The van der Waals surface area contributed by atoms with Crippen LogP contribution in [0.3, 0.4) is 0 Å². The van der Waals surface area contributed by atoms with Crippen molar-refractivity contribution >= 4 is 49.4 Å². The zero-order chi connectivity index (χ0) is 11.5. The molecule has 0 amide bonds. The molecule has 2 rings (SSSR count). The average Bonchev–Trinajstić information content (AvgIpc) is 2.32. The molecule has 86 valence electrons. The van der Waals surface area contributed by atoms with Crippen LogP contribution in [0, 0.1) is 0 Å². The van der Waals surface area contributed by atoms with E-state index in [1.54, 1.807) is 11.8 Å². The first-order chi connectivity index (χ1) is 7.68. The van der Waals surface area contributed by atoms with E-state index in [0.29, 0.717) is 0 Å². The van der Waals surface area contributed by atoms with Crippen molar-refractivity contribution in [2.75, 3.05) is 5.75 Å². The van der Waals surface area contributed by atoms with E-state index in [2.05, 4.69) is 31.9 Å².